The Hall–Kier alpha value is -1.79. The maximum atomic E-state index is 4.51. The van der Waals surface area contributed by atoms with Crippen molar-refractivity contribution in [1.82, 2.24) is 14.3 Å². The van der Waals surface area contributed by atoms with Crippen molar-refractivity contribution in [2.45, 2.75) is 20.4 Å². The van der Waals surface area contributed by atoms with Crippen LogP contribution in [0.3, 0.4) is 0 Å². The second kappa shape index (κ2) is 5.68. The molecule has 20 heavy (non-hydrogen) atoms. The lowest BCUT2D eigenvalue weighted by atomic mass is 10.2. The number of benzene rings is 1. The van der Waals surface area contributed by atoms with E-state index in [2.05, 4.69) is 19.7 Å². The first-order valence-electron chi connectivity index (χ1n) is 6.28. The van der Waals surface area contributed by atoms with E-state index in [1.807, 2.05) is 44.2 Å². The van der Waals surface area contributed by atoms with Gasteiger partial charge in [0, 0.05) is 22.0 Å². The van der Waals surface area contributed by atoms with Crippen molar-refractivity contribution in [3.05, 3.63) is 45.9 Å². The van der Waals surface area contributed by atoms with Gasteiger partial charge in [0.2, 0.25) is 5.13 Å². The molecule has 0 spiro atoms. The first-order valence-corrected chi connectivity index (χ1v) is 7.87. The van der Waals surface area contributed by atoms with Gasteiger partial charge in [-0.1, -0.05) is 30.3 Å². The van der Waals surface area contributed by atoms with E-state index in [1.54, 1.807) is 11.3 Å². The normalized spacial score (nSPS) is 10.7. The number of hydrogen-bond donors (Lipinski definition) is 1. The van der Waals surface area contributed by atoms with E-state index in [-0.39, 0.29) is 0 Å². The Balaban J connectivity index is 1.70. The Morgan fingerprint density at radius 1 is 1.10 bits per heavy atom. The third kappa shape index (κ3) is 2.86. The van der Waals surface area contributed by atoms with E-state index in [9.17, 15) is 0 Å². The van der Waals surface area contributed by atoms with Gasteiger partial charge in [-0.25, -0.2) is 4.98 Å². The van der Waals surface area contributed by atoms with Gasteiger partial charge in [-0.05, 0) is 13.8 Å². The number of nitrogens with one attached hydrogen (secondary N) is 1. The topological polar surface area (TPSA) is 50.7 Å². The zero-order chi connectivity index (χ0) is 13.9. The van der Waals surface area contributed by atoms with Gasteiger partial charge in [0.25, 0.3) is 0 Å². The highest BCUT2D eigenvalue weighted by atomic mass is 32.1. The van der Waals surface area contributed by atoms with Gasteiger partial charge in [0.1, 0.15) is 0 Å². The van der Waals surface area contributed by atoms with Gasteiger partial charge < -0.3 is 5.32 Å². The van der Waals surface area contributed by atoms with Gasteiger partial charge >= 0.3 is 0 Å². The Labute approximate surface area is 125 Å². The van der Waals surface area contributed by atoms with Gasteiger partial charge in [-0.3, -0.25) is 0 Å². The van der Waals surface area contributed by atoms with Crippen molar-refractivity contribution in [3.8, 4) is 11.4 Å². The van der Waals surface area contributed by atoms with Crippen molar-refractivity contribution in [1.29, 1.82) is 0 Å². The molecule has 0 aliphatic carbocycles. The fraction of sp³-hybridized carbons (Fsp3) is 0.214. The van der Waals surface area contributed by atoms with Crippen LogP contribution in [0.2, 0.25) is 0 Å². The van der Waals surface area contributed by atoms with E-state index in [0.717, 1.165) is 33.8 Å². The predicted molar refractivity (Wildman–Crippen MR) is 84.3 cm³/mol. The van der Waals surface area contributed by atoms with Crippen LogP contribution in [0.25, 0.3) is 11.4 Å². The van der Waals surface area contributed by atoms with Gasteiger partial charge in [-0.15, -0.1) is 11.3 Å². The number of aryl methyl sites for hydroxylation is 2. The summed E-state index contributed by atoms with van der Waals surface area (Å²) in [6.07, 6.45) is 0. The lowest BCUT2D eigenvalue weighted by molar-refractivity contribution is 1.10. The summed E-state index contributed by atoms with van der Waals surface area (Å²) in [6.45, 7) is 4.82. The number of anilines is 1. The number of thiazole rings is 1. The Bertz CT molecular complexity index is 703. The van der Waals surface area contributed by atoms with Crippen LogP contribution in [-0.4, -0.2) is 14.3 Å². The fourth-order valence-corrected chi connectivity index (χ4v) is 3.35. The molecule has 0 aliphatic rings. The number of hydrogen-bond acceptors (Lipinski definition) is 6. The summed E-state index contributed by atoms with van der Waals surface area (Å²) in [4.78, 5) is 10.2. The second-order valence-corrected chi connectivity index (χ2v) is 6.42. The molecule has 0 aliphatic heterocycles. The highest BCUT2D eigenvalue weighted by molar-refractivity contribution is 7.11. The number of rotatable bonds is 4. The van der Waals surface area contributed by atoms with Crippen LogP contribution in [0, 0.1) is 13.8 Å². The minimum absolute atomic E-state index is 0.751. The highest BCUT2D eigenvalue weighted by Crippen LogP contribution is 2.23. The summed E-state index contributed by atoms with van der Waals surface area (Å²) in [7, 11) is 0. The largest absolute Gasteiger partial charge is 0.355 e. The molecular weight excluding hydrogens is 288 g/mol. The molecule has 0 radical (unpaired) electrons. The van der Waals surface area contributed by atoms with Gasteiger partial charge in [-0.2, -0.15) is 9.36 Å². The van der Waals surface area contributed by atoms with Crippen LogP contribution >= 0.6 is 22.9 Å². The molecule has 1 aromatic carbocycles. The molecule has 2 aromatic heterocycles. The first-order chi connectivity index (χ1) is 9.72. The van der Waals surface area contributed by atoms with Crippen LogP contribution in [0.1, 0.15) is 15.6 Å². The molecule has 0 saturated heterocycles. The monoisotopic (exact) mass is 302 g/mol. The third-order valence-corrected chi connectivity index (χ3v) is 4.60. The fourth-order valence-electron chi connectivity index (χ4n) is 1.89. The molecule has 4 nitrogen and oxygen atoms in total. The average molecular weight is 302 g/mol. The minimum atomic E-state index is 0.751. The Morgan fingerprint density at radius 3 is 2.60 bits per heavy atom. The molecule has 102 valence electrons. The van der Waals surface area contributed by atoms with Crippen molar-refractivity contribution in [3.63, 3.8) is 0 Å². The summed E-state index contributed by atoms with van der Waals surface area (Å²) in [6, 6.07) is 10.0. The van der Waals surface area contributed by atoms with Crippen LogP contribution in [0.15, 0.2) is 30.3 Å². The third-order valence-electron chi connectivity index (χ3n) is 2.86. The van der Waals surface area contributed by atoms with E-state index in [1.165, 1.54) is 16.4 Å². The zero-order valence-electron chi connectivity index (χ0n) is 11.3. The summed E-state index contributed by atoms with van der Waals surface area (Å²) < 4.78 is 4.38. The summed E-state index contributed by atoms with van der Waals surface area (Å²) in [5.74, 6) is 0.773. The molecule has 0 saturated carbocycles. The molecular formula is C14H14N4S2. The molecule has 6 heteroatoms. The first kappa shape index (κ1) is 13.2. The molecule has 0 bridgehead atoms. The van der Waals surface area contributed by atoms with Crippen LogP contribution < -0.4 is 5.32 Å². The smallest absolute Gasteiger partial charge is 0.203 e. The van der Waals surface area contributed by atoms with Gasteiger partial charge in [0.15, 0.2) is 5.82 Å². The second-order valence-electron chi connectivity index (χ2n) is 4.38. The van der Waals surface area contributed by atoms with Gasteiger partial charge in [0.05, 0.1) is 17.2 Å². The molecule has 0 atom stereocenters. The molecule has 2 heterocycles. The van der Waals surface area contributed by atoms with E-state index in [0.29, 0.717) is 0 Å². The molecule has 1 N–H and O–H groups in total. The van der Waals surface area contributed by atoms with Crippen molar-refractivity contribution in [2.75, 3.05) is 5.32 Å². The van der Waals surface area contributed by atoms with E-state index < -0.39 is 0 Å². The molecule has 0 amide bonds. The van der Waals surface area contributed by atoms with Crippen molar-refractivity contribution in [2.24, 2.45) is 0 Å². The van der Waals surface area contributed by atoms with Crippen molar-refractivity contribution < 1.29 is 0 Å². The number of aromatic nitrogens is 3. The Morgan fingerprint density at radius 2 is 1.90 bits per heavy atom. The summed E-state index contributed by atoms with van der Waals surface area (Å²) in [5, 5.41) is 5.26. The van der Waals surface area contributed by atoms with Crippen LogP contribution in [0.4, 0.5) is 5.13 Å². The maximum Gasteiger partial charge on any atom is 0.203 e. The molecule has 3 rings (SSSR count). The summed E-state index contributed by atoms with van der Waals surface area (Å²) in [5.41, 5.74) is 2.13. The standard InChI is InChI=1S/C14H14N4S2/c1-9-12(19-10(2)16-9)8-15-14-17-13(18-20-14)11-6-4-3-5-7-11/h3-7H,8H2,1-2H3,(H,15,17,18). The lowest BCUT2D eigenvalue weighted by Gasteiger charge is -1.99. The number of nitrogens with zero attached hydrogens (tertiary/aromatic N) is 3. The van der Waals surface area contributed by atoms with E-state index in [4.69, 9.17) is 0 Å². The predicted octanol–water partition coefficient (Wildman–Crippen LogP) is 3.89. The quantitative estimate of drug-likeness (QED) is 0.794. The zero-order valence-corrected chi connectivity index (χ0v) is 12.9. The summed E-state index contributed by atoms with van der Waals surface area (Å²) >= 11 is 3.11. The lowest BCUT2D eigenvalue weighted by Crippen LogP contribution is -1.98. The highest BCUT2D eigenvalue weighted by Gasteiger charge is 2.08. The van der Waals surface area contributed by atoms with Crippen LogP contribution in [0.5, 0.6) is 0 Å². The maximum absolute atomic E-state index is 4.51. The molecule has 0 unspecified atom stereocenters. The minimum Gasteiger partial charge on any atom is -0.355 e. The van der Waals surface area contributed by atoms with Crippen LogP contribution in [-0.2, 0) is 6.54 Å². The van der Waals surface area contributed by atoms with E-state index >= 15 is 0 Å². The average Bonchev–Trinajstić information content (AvgIpc) is 3.04. The SMILES string of the molecule is Cc1nc(C)c(CNc2nc(-c3ccccc3)ns2)s1. The molecule has 0 fully saturated rings. The Kier molecular flexibility index (Phi) is 3.75. The molecule has 3 aromatic rings. The van der Waals surface area contributed by atoms with Crippen molar-refractivity contribution >= 4 is 28.0 Å².